The van der Waals surface area contributed by atoms with Crippen molar-refractivity contribution >= 4 is 5.91 Å². The molecule has 2 heterocycles. The fourth-order valence-electron chi connectivity index (χ4n) is 3.01. The summed E-state index contributed by atoms with van der Waals surface area (Å²) in [5, 5.41) is 14.1. The molecule has 1 fully saturated rings. The zero-order chi connectivity index (χ0) is 17.3. The van der Waals surface area contributed by atoms with Crippen molar-refractivity contribution in [2.45, 2.75) is 32.8 Å². The topological polar surface area (TPSA) is 66.6 Å². The summed E-state index contributed by atoms with van der Waals surface area (Å²) in [7, 11) is 0. The van der Waals surface area contributed by atoms with E-state index in [9.17, 15) is 14.3 Å². The van der Waals surface area contributed by atoms with E-state index in [-0.39, 0.29) is 17.5 Å². The van der Waals surface area contributed by atoms with Crippen molar-refractivity contribution in [1.29, 1.82) is 0 Å². The number of aliphatic hydroxyl groups excluding tert-OH is 1. The SMILES string of the molecule is CC1CCN(C(=O)c2onc(-c3ccc(F)cc3)c2[C@H](C)O)CC1. The molecule has 1 N–H and O–H groups in total. The summed E-state index contributed by atoms with van der Waals surface area (Å²) in [6.07, 6.45) is 0.989. The minimum atomic E-state index is -0.918. The van der Waals surface area contributed by atoms with E-state index in [1.807, 2.05) is 0 Å². The predicted molar refractivity (Wildman–Crippen MR) is 86.8 cm³/mol. The molecule has 0 aliphatic carbocycles. The van der Waals surface area contributed by atoms with Gasteiger partial charge in [-0.2, -0.15) is 0 Å². The number of hydrogen-bond acceptors (Lipinski definition) is 4. The lowest BCUT2D eigenvalue weighted by Gasteiger charge is -2.29. The first-order valence-corrected chi connectivity index (χ1v) is 8.20. The number of nitrogens with zero attached hydrogens (tertiary/aromatic N) is 2. The Morgan fingerprint density at radius 1 is 1.33 bits per heavy atom. The Balaban J connectivity index is 1.94. The van der Waals surface area contributed by atoms with E-state index in [1.165, 1.54) is 12.1 Å². The number of benzene rings is 1. The highest BCUT2D eigenvalue weighted by atomic mass is 19.1. The van der Waals surface area contributed by atoms with Crippen molar-refractivity contribution in [2.24, 2.45) is 5.92 Å². The van der Waals surface area contributed by atoms with Crippen molar-refractivity contribution in [2.75, 3.05) is 13.1 Å². The Hall–Kier alpha value is -2.21. The highest BCUT2D eigenvalue weighted by Crippen LogP contribution is 2.32. The lowest BCUT2D eigenvalue weighted by molar-refractivity contribution is 0.0647. The Labute approximate surface area is 140 Å². The van der Waals surface area contributed by atoms with Gasteiger partial charge in [-0.15, -0.1) is 0 Å². The second kappa shape index (κ2) is 6.73. The van der Waals surface area contributed by atoms with Gasteiger partial charge >= 0.3 is 0 Å². The summed E-state index contributed by atoms with van der Waals surface area (Å²) in [4.78, 5) is 14.5. The molecule has 1 aliphatic heterocycles. The third kappa shape index (κ3) is 3.19. The van der Waals surface area contributed by atoms with Gasteiger partial charge in [-0.3, -0.25) is 4.79 Å². The zero-order valence-electron chi connectivity index (χ0n) is 13.8. The number of amides is 1. The minimum Gasteiger partial charge on any atom is -0.388 e. The molecule has 1 aromatic carbocycles. The number of rotatable bonds is 3. The Morgan fingerprint density at radius 2 is 1.96 bits per heavy atom. The standard InChI is InChI=1S/C18H21FN2O3/c1-11-7-9-21(10-8-11)18(23)17-15(12(2)22)16(20-24-17)13-3-5-14(19)6-4-13/h3-6,11-12,22H,7-10H2,1-2H3/t12-/m0/s1. The largest absolute Gasteiger partial charge is 0.388 e. The molecule has 0 saturated carbocycles. The molecule has 1 amide bonds. The van der Waals surface area contributed by atoms with Crippen LogP contribution >= 0.6 is 0 Å². The number of aromatic nitrogens is 1. The first-order valence-electron chi connectivity index (χ1n) is 8.20. The van der Waals surface area contributed by atoms with Crippen molar-refractivity contribution in [3.05, 3.63) is 41.4 Å². The first-order chi connectivity index (χ1) is 11.5. The summed E-state index contributed by atoms with van der Waals surface area (Å²) < 4.78 is 18.4. The van der Waals surface area contributed by atoms with Crippen LogP contribution in [0.4, 0.5) is 4.39 Å². The summed E-state index contributed by atoms with van der Waals surface area (Å²) in [6, 6.07) is 5.72. The van der Waals surface area contributed by atoms with Crippen LogP contribution < -0.4 is 0 Å². The third-order valence-electron chi connectivity index (χ3n) is 4.53. The lowest BCUT2D eigenvalue weighted by atomic mass is 9.98. The van der Waals surface area contributed by atoms with E-state index in [1.54, 1.807) is 24.0 Å². The number of aliphatic hydroxyl groups is 1. The number of carbonyl (C=O) groups is 1. The van der Waals surface area contributed by atoms with Gasteiger partial charge < -0.3 is 14.5 Å². The fourth-order valence-corrected chi connectivity index (χ4v) is 3.01. The average Bonchev–Trinajstić information content (AvgIpc) is 3.01. The highest BCUT2D eigenvalue weighted by Gasteiger charge is 2.31. The molecule has 1 saturated heterocycles. The Kier molecular flexibility index (Phi) is 4.66. The van der Waals surface area contributed by atoms with Gasteiger partial charge in [0.1, 0.15) is 11.5 Å². The predicted octanol–water partition coefficient (Wildman–Crippen LogP) is 3.41. The van der Waals surface area contributed by atoms with Gasteiger partial charge in [-0.1, -0.05) is 12.1 Å². The normalized spacial score (nSPS) is 17.1. The molecule has 24 heavy (non-hydrogen) atoms. The molecule has 0 unspecified atom stereocenters. The van der Waals surface area contributed by atoms with E-state index in [0.717, 1.165) is 12.8 Å². The second-order valence-electron chi connectivity index (χ2n) is 6.43. The molecule has 0 radical (unpaired) electrons. The molecule has 0 bridgehead atoms. The molecular formula is C18H21FN2O3. The summed E-state index contributed by atoms with van der Waals surface area (Å²) in [5.74, 6) is 0.0620. The second-order valence-corrected chi connectivity index (χ2v) is 6.43. The van der Waals surface area contributed by atoms with Crippen LogP contribution in [-0.4, -0.2) is 34.2 Å². The van der Waals surface area contributed by atoms with E-state index in [4.69, 9.17) is 4.52 Å². The lowest BCUT2D eigenvalue weighted by Crippen LogP contribution is -2.38. The van der Waals surface area contributed by atoms with Crippen LogP contribution in [0.25, 0.3) is 11.3 Å². The fraction of sp³-hybridized carbons (Fsp3) is 0.444. The molecule has 1 aromatic heterocycles. The number of carbonyl (C=O) groups excluding carboxylic acids is 1. The smallest absolute Gasteiger partial charge is 0.292 e. The van der Waals surface area contributed by atoms with Crippen LogP contribution in [0.5, 0.6) is 0 Å². The maximum atomic E-state index is 13.1. The van der Waals surface area contributed by atoms with Gasteiger partial charge in [-0.25, -0.2) is 4.39 Å². The molecule has 6 heteroatoms. The molecule has 1 aliphatic rings. The Bertz CT molecular complexity index is 716. The zero-order valence-corrected chi connectivity index (χ0v) is 13.8. The van der Waals surface area contributed by atoms with E-state index >= 15 is 0 Å². The molecule has 5 nitrogen and oxygen atoms in total. The van der Waals surface area contributed by atoms with E-state index in [0.29, 0.717) is 35.8 Å². The summed E-state index contributed by atoms with van der Waals surface area (Å²) >= 11 is 0. The first kappa shape index (κ1) is 16.6. The van der Waals surface area contributed by atoms with E-state index < -0.39 is 6.10 Å². The van der Waals surface area contributed by atoms with Crippen molar-refractivity contribution in [3.63, 3.8) is 0 Å². The average molecular weight is 332 g/mol. The number of piperidine rings is 1. The summed E-state index contributed by atoms with van der Waals surface area (Å²) in [6.45, 7) is 5.08. The van der Waals surface area contributed by atoms with Crippen LogP contribution in [0.2, 0.25) is 0 Å². The van der Waals surface area contributed by atoms with Gasteiger partial charge in [0.2, 0.25) is 5.76 Å². The van der Waals surface area contributed by atoms with Crippen molar-refractivity contribution < 1.29 is 18.8 Å². The maximum Gasteiger partial charge on any atom is 0.292 e. The molecule has 3 rings (SSSR count). The number of hydrogen-bond donors (Lipinski definition) is 1. The maximum absolute atomic E-state index is 13.1. The van der Waals surface area contributed by atoms with Crippen LogP contribution in [0.1, 0.15) is 48.9 Å². The number of likely N-dealkylation sites (tertiary alicyclic amines) is 1. The summed E-state index contributed by atoms with van der Waals surface area (Å²) in [5.41, 5.74) is 1.33. The van der Waals surface area contributed by atoms with E-state index in [2.05, 4.69) is 12.1 Å². The van der Waals surface area contributed by atoms with Crippen LogP contribution in [-0.2, 0) is 0 Å². The van der Waals surface area contributed by atoms with Crippen LogP contribution in [0.15, 0.2) is 28.8 Å². The van der Waals surface area contributed by atoms with Crippen molar-refractivity contribution in [3.8, 4) is 11.3 Å². The number of halogens is 1. The van der Waals surface area contributed by atoms with Crippen LogP contribution in [0, 0.1) is 11.7 Å². The van der Waals surface area contributed by atoms with Gasteiger partial charge in [0, 0.05) is 18.7 Å². The molecular weight excluding hydrogens is 311 g/mol. The van der Waals surface area contributed by atoms with Gasteiger partial charge in [-0.05, 0) is 49.9 Å². The quantitative estimate of drug-likeness (QED) is 0.935. The van der Waals surface area contributed by atoms with Crippen molar-refractivity contribution in [1.82, 2.24) is 10.1 Å². The molecule has 1 atom stereocenters. The Morgan fingerprint density at radius 3 is 2.54 bits per heavy atom. The monoisotopic (exact) mass is 332 g/mol. The molecule has 2 aromatic rings. The van der Waals surface area contributed by atoms with Gasteiger partial charge in [0.25, 0.3) is 5.91 Å². The van der Waals surface area contributed by atoms with Gasteiger partial charge in [0.15, 0.2) is 0 Å². The third-order valence-corrected chi connectivity index (χ3v) is 4.53. The van der Waals surface area contributed by atoms with Gasteiger partial charge in [0.05, 0.1) is 11.7 Å². The van der Waals surface area contributed by atoms with Crippen LogP contribution in [0.3, 0.4) is 0 Å². The highest BCUT2D eigenvalue weighted by molar-refractivity contribution is 5.94. The minimum absolute atomic E-state index is 0.0684. The molecule has 128 valence electrons. The molecule has 0 spiro atoms.